The second kappa shape index (κ2) is 5.31. The van der Waals surface area contributed by atoms with Gasteiger partial charge in [-0.3, -0.25) is 0 Å². The highest BCUT2D eigenvalue weighted by molar-refractivity contribution is 5.29. The van der Waals surface area contributed by atoms with Gasteiger partial charge in [0, 0.05) is 12.5 Å². The van der Waals surface area contributed by atoms with Crippen molar-refractivity contribution in [2.45, 2.75) is 51.2 Å². The van der Waals surface area contributed by atoms with Crippen molar-refractivity contribution in [1.29, 1.82) is 0 Å². The first-order valence-corrected chi connectivity index (χ1v) is 6.02. The van der Waals surface area contributed by atoms with E-state index >= 15 is 0 Å². The minimum absolute atomic E-state index is 0.0363. The topological polar surface area (TPSA) is 26.0 Å². The van der Waals surface area contributed by atoms with Crippen LogP contribution in [-0.4, -0.2) is 6.18 Å². The number of benzene rings is 1. The molecule has 4 heteroatoms. The van der Waals surface area contributed by atoms with E-state index in [1.807, 2.05) is 24.3 Å². The minimum Gasteiger partial charge on any atom is -0.324 e. The zero-order valence-electron chi connectivity index (χ0n) is 11.0. The lowest BCUT2D eigenvalue weighted by Gasteiger charge is -2.20. The van der Waals surface area contributed by atoms with Gasteiger partial charge in [-0.1, -0.05) is 45.0 Å². The van der Waals surface area contributed by atoms with Crippen LogP contribution in [0.1, 0.15) is 50.8 Å². The van der Waals surface area contributed by atoms with Crippen molar-refractivity contribution in [2.24, 2.45) is 5.73 Å². The van der Waals surface area contributed by atoms with E-state index in [-0.39, 0.29) is 11.8 Å². The number of hydrogen-bond donors (Lipinski definition) is 1. The summed E-state index contributed by atoms with van der Waals surface area (Å²) < 4.78 is 36.3. The molecule has 0 amide bonds. The van der Waals surface area contributed by atoms with Gasteiger partial charge in [0.25, 0.3) is 0 Å². The molecule has 0 saturated carbocycles. The van der Waals surface area contributed by atoms with Gasteiger partial charge in [-0.05, 0) is 23.0 Å². The van der Waals surface area contributed by atoms with E-state index in [1.54, 1.807) is 0 Å². The van der Waals surface area contributed by atoms with Crippen LogP contribution in [-0.2, 0) is 5.41 Å². The van der Waals surface area contributed by atoms with Crippen molar-refractivity contribution in [3.05, 3.63) is 35.4 Å². The van der Waals surface area contributed by atoms with E-state index in [1.165, 1.54) is 0 Å². The monoisotopic (exact) mass is 259 g/mol. The normalized spacial score (nSPS) is 14.6. The summed E-state index contributed by atoms with van der Waals surface area (Å²) in [5.41, 5.74) is 7.70. The van der Waals surface area contributed by atoms with Crippen LogP contribution in [0.3, 0.4) is 0 Å². The fraction of sp³-hybridized carbons (Fsp3) is 0.571. The van der Waals surface area contributed by atoms with Crippen LogP contribution in [0.15, 0.2) is 24.3 Å². The zero-order valence-corrected chi connectivity index (χ0v) is 11.0. The molecule has 0 bridgehead atoms. The highest BCUT2D eigenvalue weighted by Gasteiger charge is 2.27. The third kappa shape index (κ3) is 4.69. The summed E-state index contributed by atoms with van der Waals surface area (Å²) in [4.78, 5) is 0. The van der Waals surface area contributed by atoms with E-state index in [4.69, 9.17) is 5.73 Å². The lowest BCUT2D eigenvalue weighted by Crippen LogP contribution is -2.16. The van der Waals surface area contributed by atoms with Crippen molar-refractivity contribution in [3.63, 3.8) is 0 Å². The fourth-order valence-corrected chi connectivity index (χ4v) is 1.72. The molecule has 1 aromatic rings. The lowest BCUT2D eigenvalue weighted by molar-refractivity contribution is -0.136. The summed E-state index contributed by atoms with van der Waals surface area (Å²) in [6, 6.07) is 6.95. The Morgan fingerprint density at radius 2 is 1.56 bits per heavy atom. The molecule has 1 nitrogen and oxygen atoms in total. The van der Waals surface area contributed by atoms with E-state index in [9.17, 15) is 13.2 Å². The largest absolute Gasteiger partial charge is 0.389 e. The van der Waals surface area contributed by atoms with Crippen molar-refractivity contribution < 1.29 is 13.2 Å². The summed E-state index contributed by atoms with van der Waals surface area (Å²) in [7, 11) is 0. The van der Waals surface area contributed by atoms with Crippen LogP contribution >= 0.6 is 0 Å². The minimum atomic E-state index is -4.14. The Balaban J connectivity index is 2.68. The third-order valence-corrected chi connectivity index (χ3v) is 2.94. The highest BCUT2D eigenvalue weighted by Crippen LogP contribution is 2.28. The van der Waals surface area contributed by atoms with Crippen LogP contribution in [0.25, 0.3) is 0 Å². The molecule has 1 atom stereocenters. The van der Waals surface area contributed by atoms with Crippen LogP contribution in [0, 0.1) is 0 Å². The molecule has 0 fully saturated rings. The number of hydrogen-bond acceptors (Lipinski definition) is 1. The predicted molar refractivity (Wildman–Crippen MR) is 67.4 cm³/mol. The molecule has 102 valence electrons. The molecule has 0 radical (unpaired) electrons. The van der Waals surface area contributed by atoms with Crippen LogP contribution < -0.4 is 5.73 Å². The standard InChI is InChI=1S/C14H20F3N/c1-13(2,3)11-6-4-10(5-7-11)12(18)8-9-14(15,16)17/h4-7,12H,8-9,18H2,1-3H3. The lowest BCUT2D eigenvalue weighted by atomic mass is 9.86. The number of halogens is 3. The molecule has 1 unspecified atom stereocenters. The predicted octanol–water partition coefficient (Wildman–Crippen LogP) is 4.33. The number of rotatable bonds is 3. The van der Waals surface area contributed by atoms with E-state index in [0.29, 0.717) is 0 Å². The molecule has 2 N–H and O–H groups in total. The maximum Gasteiger partial charge on any atom is 0.389 e. The van der Waals surface area contributed by atoms with E-state index in [0.717, 1.165) is 11.1 Å². The van der Waals surface area contributed by atoms with Crippen molar-refractivity contribution >= 4 is 0 Å². The summed E-state index contributed by atoms with van der Waals surface area (Å²) in [5.74, 6) is 0. The Labute approximate surface area is 106 Å². The Bertz CT molecular complexity index is 374. The van der Waals surface area contributed by atoms with Crippen LogP contribution in [0.4, 0.5) is 13.2 Å². The van der Waals surface area contributed by atoms with Gasteiger partial charge in [0.1, 0.15) is 0 Å². The van der Waals surface area contributed by atoms with E-state index < -0.39 is 18.6 Å². The van der Waals surface area contributed by atoms with Crippen molar-refractivity contribution in [2.75, 3.05) is 0 Å². The van der Waals surface area contributed by atoms with Gasteiger partial charge in [0.2, 0.25) is 0 Å². The molecule has 0 heterocycles. The molecular weight excluding hydrogens is 239 g/mol. The Morgan fingerprint density at radius 3 is 1.94 bits per heavy atom. The van der Waals surface area contributed by atoms with Gasteiger partial charge in [0.15, 0.2) is 0 Å². The first-order chi connectivity index (χ1) is 8.09. The first kappa shape index (κ1) is 15.0. The van der Waals surface area contributed by atoms with Gasteiger partial charge in [0.05, 0.1) is 0 Å². The van der Waals surface area contributed by atoms with Crippen molar-refractivity contribution in [1.82, 2.24) is 0 Å². The Kier molecular flexibility index (Phi) is 4.43. The first-order valence-electron chi connectivity index (χ1n) is 6.02. The molecule has 0 aliphatic rings. The zero-order chi connectivity index (χ0) is 14.0. The van der Waals surface area contributed by atoms with E-state index in [2.05, 4.69) is 20.8 Å². The van der Waals surface area contributed by atoms with Crippen LogP contribution in [0.5, 0.6) is 0 Å². The summed E-state index contributed by atoms with van der Waals surface area (Å²) >= 11 is 0. The summed E-state index contributed by atoms with van der Waals surface area (Å²) in [5, 5.41) is 0. The second-order valence-corrected chi connectivity index (χ2v) is 5.63. The van der Waals surface area contributed by atoms with Gasteiger partial charge in [-0.15, -0.1) is 0 Å². The molecule has 0 aliphatic carbocycles. The average Bonchev–Trinajstić information content (AvgIpc) is 2.24. The molecule has 0 spiro atoms. The van der Waals surface area contributed by atoms with Gasteiger partial charge in [-0.2, -0.15) is 13.2 Å². The molecule has 0 aliphatic heterocycles. The number of alkyl halides is 3. The third-order valence-electron chi connectivity index (χ3n) is 2.94. The summed E-state index contributed by atoms with van der Waals surface area (Å²) in [6.07, 6.45) is -5.05. The van der Waals surface area contributed by atoms with Gasteiger partial charge >= 0.3 is 6.18 Å². The molecule has 0 saturated heterocycles. The van der Waals surface area contributed by atoms with Gasteiger partial charge < -0.3 is 5.73 Å². The fourth-order valence-electron chi connectivity index (χ4n) is 1.72. The highest BCUT2D eigenvalue weighted by atomic mass is 19.4. The van der Waals surface area contributed by atoms with Gasteiger partial charge in [-0.25, -0.2) is 0 Å². The maximum absolute atomic E-state index is 12.1. The van der Waals surface area contributed by atoms with Crippen LogP contribution in [0.2, 0.25) is 0 Å². The molecule has 1 rings (SSSR count). The second-order valence-electron chi connectivity index (χ2n) is 5.63. The SMILES string of the molecule is CC(C)(C)c1ccc(C(N)CCC(F)(F)F)cc1. The number of nitrogens with two attached hydrogens (primary N) is 1. The molecular formula is C14H20F3N. The quantitative estimate of drug-likeness (QED) is 0.859. The Morgan fingerprint density at radius 1 is 1.06 bits per heavy atom. The van der Waals surface area contributed by atoms with Crippen molar-refractivity contribution in [3.8, 4) is 0 Å². The Hall–Kier alpha value is -1.03. The smallest absolute Gasteiger partial charge is 0.324 e. The maximum atomic E-state index is 12.1. The average molecular weight is 259 g/mol. The summed E-state index contributed by atoms with van der Waals surface area (Å²) in [6.45, 7) is 6.27. The molecule has 1 aromatic carbocycles. The molecule has 18 heavy (non-hydrogen) atoms. The molecule has 0 aromatic heterocycles.